The molecule has 1 amide bonds. The van der Waals surface area contributed by atoms with Crippen LogP contribution in [0, 0.1) is 11.8 Å². The van der Waals surface area contributed by atoms with Crippen LogP contribution in [0.4, 0.5) is 5.69 Å². The first kappa shape index (κ1) is 23.7. The predicted octanol–water partition coefficient (Wildman–Crippen LogP) is 4.04. The second kappa shape index (κ2) is 9.40. The van der Waals surface area contributed by atoms with E-state index in [1.165, 1.54) is 29.6 Å². The fraction of sp³-hybridized carbons (Fsp3) is 0.435. The van der Waals surface area contributed by atoms with Gasteiger partial charge in [0, 0.05) is 30.8 Å². The summed E-state index contributed by atoms with van der Waals surface area (Å²) in [4.78, 5) is 13.0. The number of amides is 1. The van der Waals surface area contributed by atoms with E-state index in [2.05, 4.69) is 5.32 Å². The molecule has 0 spiro atoms. The number of nitrogens with one attached hydrogen (secondary N) is 1. The maximum Gasteiger partial charge on any atom is 0.255 e. The highest BCUT2D eigenvalue weighted by Crippen LogP contribution is 2.38. The van der Waals surface area contributed by atoms with E-state index in [9.17, 15) is 13.2 Å². The standard InChI is InChI=1S/C23H27ClN2O6S/c1-14-8-15(2)13-26(12-14)33(28,29)22-9-16(4-5-19(22)30-3)23(27)25-18-11-21-20(10-17(18)24)31-6-7-32-21/h4-5,9-11,14-15H,6-8,12-13H2,1-3H3,(H,25,27)/t14-,15-/m1/s1. The van der Waals surface area contributed by atoms with Crippen LogP contribution in [0.15, 0.2) is 35.2 Å². The Kier molecular flexibility index (Phi) is 6.74. The number of fused-ring (bicyclic) bond motifs is 1. The van der Waals surface area contributed by atoms with Gasteiger partial charge in [0.25, 0.3) is 5.91 Å². The first-order valence-corrected chi connectivity index (χ1v) is 12.6. The second-order valence-corrected chi connectivity index (χ2v) is 10.9. The lowest BCUT2D eigenvalue weighted by molar-refractivity contribution is 0.102. The average Bonchev–Trinajstić information content (AvgIpc) is 2.78. The van der Waals surface area contributed by atoms with Crippen molar-refractivity contribution in [1.29, 1.82) is 0 Å². The number of anilines is 1. The van der Waals surface area contributed by atoms with Crippen molar-refractivity contribution in [2.24, 2.45) is 11.8 Å². The number of piperidine rings is 1. The third-order valence-corrected chi connectivity index (χ3v) is 7.92. The molecular formula is C23H27ClN2O6S. The van der Waals surface area contributed by atoms with Gasteiger partial charge in [0.15, 0.2) is 11.5 Å². The van der Waals surface area contributed by atoms with Crippen molar-refractivity contribution in [3.05, 3.63) is 40.9 Å². The molecule has 0 unspecified atom stereocenters. The van der Waals surface area contributed by atoms with Crippen LogP contribution in [0.5, 0.6) is 17.2 Å². The number of ether oxygens (including phenoxy) is 3. The minimum atomic E-state index is -3.85. The molecule has 0 saturated carbocycles. The highest BCUT2D eigenvalue weighted by molar-refractivity contribution is 7.89. The quantitative estimate of drug-likeness (QED) is 0.674. The van der Waals surface area contributed by atoms with Gasteiger partial charge in [-0.2, -0.15) is 4.31 Å². The number of carbonyl (C=O) groups is 1. The van der Waals surface area contributed by atoms with Crippen LogP contribution in [-0.4, -0.2) is 52.0 Å². The molecule has 178 valence electrons. The number of sulfonamides is 1. The summed E-state index contributed by atoms with van der Waals surface area (Å²) in [7, 11) is -2.45. The first-order chi connectivity index (χ1) is 15.7. The molecule has 1 fully saturated rings. The lowest BCUT2D eigenvalue weighted by atomic mass is 9.94. The fourth-order valence-electron chi connectivity index (χ4n) is 4.31. The third kappa shape index (κ3) is 4.90. The highest BCUT2D eigenvalue weighted by atomic mass is 35.5. The summed E-state index contributed by atoms with van der Waals surface area (Å²) >= 11 is 6.30. The molecule has 10 heteroatoms. The Bertz CT molecular complexity index is 1160. The van der Waals surface area contributed by atoms with E-state index in [1.807, 2.05) is 13.8 Å². The van der Waals surface area contributed by atoms with Gasteiger partial charge in [0.1, 0.15) is 23.9 Å². The first-order valence-electron chi connectivity index (χ1n) is 10.8. The molecule has 8 nitrogen and oxygen atoms in total. The Hall–Kier alpha value is -2.49. The number of rotatable bonds is 5. The van der Waals surface area contributed by atoms with Crippen molar-refractivity contribution in [2.75, 3.05) is 38.7 Å². The molecular weight excluding hydrogens is 468 g/mol. The van der Waals surface area contributed by atoms with E-state index in [-0.39, 0.29) is 33.1 Å². The maximum atomic E-state index is 13.5. The van der Waals surface area contributed by atoms with Crippen molar-refractivity contribution in [2.45, 2.75) is 25.2 Å². The maximum absolute atomic E-state index is 13.5. The van der Waals surface area contributed by atoms with E-state index in [0.717, 1.165) is 6.42 Å². The van der Waals surface area contributed by atoms with Crippen molar-refractivity contribution >= 4 is 33.2 Å². The van der Waals surface area contributed by atoms with Crippen LogP contribution >= 0.6 is 11.6 Å². The molecule has 0 radical (unpaired) electrons. The van der Waals surface area contributed by atoms with Crippen LogP contribution in [-0.2, 0) is 10.0 Å². The van der Waals surface area contributed by atoms with Gasteiger partial charge >= 0.3 is 0 Å². The summed E-state index contributed by atoms with van der Waals surface area (Å²) in [6.45, 7) is 5.76. The number of carbonyl (C=O) groups excluding carboxylic acids is 1. The molecule has 0 aliphatic carbocycles. The lowest BCUT2D eigenvalue weighted by Crippen LogP contribution is -2.42. The van der Waals surface area contributed by atoms with Crippen LogP contribution in [0.25, 0.3) is 0 Å². The third-order valence-electron chi connectivity index (χ3n) is 5.76. The van der Waals surface area contributed by atoms with E-state index < -0.39 is 15.9 Å². The summed E-state index contributed by atoms with van der Waals surface area (Å²) in [6.07, 6.45) is 0.974. The van der Waals surface area contributed by atoms with Gasteiger partial charge in [-0.15, -0.1) is 0 Å². The zero-order valence-corrected chi connectivity index (χ0v) is 20.3. The van der Waals surface area contributed by atoms with Crippen LogP contribution in [0.1, 0.15) is 30.6 Å². The largest absolute Gasteiger partial charge is 0.495 e. The summed E-state index contributed by atoms with van der Waals surface area (Å²) in [6, 6.07) is 7.52. The van der Waals surface area contributed by atoms with E-state index in [4.69, 9.17) is 25.8 Å². The summed E-state index contributed by atoms with van der Waals surface area (Å²) in [5.41, 5.74) is 0.503. The van der Waals surface area contributed by atoms with E-state index in [1.54, 1.807) is 12.1 Å². The van der Waals surface area contributed by atoms with Crippen LogP contribution in [0.2, 0.25) is 5.02 Å². The van der Waals surface area contributed by atoms with Gasteiger partial charge in [0.05, 0.1) is 17.8 Å². The number of hydrogen-bond donors (Lipinski definition) is 1. The van der Waals surface area contributed by atoms with Crippen molar-refractivity contribution in [3.8, 4) is 17.2 Å². The SMILES string of the molecule is COc1ccc(C(=O)Nc2cc3c(cc2Cl)OCCO3)cc1S(=O)(=O)N1C[C@H](C)C[C@@H](C)C1. The molecule has 1 saturated heterocycles. The molecule has 4 rings (SSSR count). The molecule has 2 aromatic carbocycles. The molecule has 0 bridgehead atoms. The summed E-state index contributed by atoms with van der Waals surface area (Å²) in [5.74, 6) is 1.17. The highest BCUT2D eigenvalue weighted by Gasteiger charge is 2.34. The Morgan fingerprint density at radius 3 is 2.36 bits per heavy atom. The topological polar surface area (TPSA) is 94.2 Å². The molecule has 2 aliphatic heterocycles. The van der Waals surface area contributed by atoms with Gasteiger partial charge < -0.3 is 19.5 Å². The predicted molar refractivity (Wildman–Crippen MR) is 125 cm³/mol. The minimum absolute atomic E-state index is 0.0350. The van der Waals surface area contributed by atoms with Crippen LogP contribution in [0.3, 0.4) is 0 Å². The van der Waals surface area contributed by atoms with E-state index >= 15 is 0 Å². The van der Waals surface area contributed by atoms with Crippen molar-refractivity contribution in [1.82, 2.24) is 4.31 Å². The second-order valence-electron chi connectivity index (χ2n) is 8.56. The Balaban J connectivity index is 1.63. The zero-order valence-electron chi connectivity index (χ0n) is 18.8. The average molecular weight is 495 g/mol. The van der Waals surface area contributed by atoms with Gasteiger partial charge in [-0.3, -0.25) is 4.79 Å². The number of methoxy groups -OCH3 is 1. The number of nitrogens with zero attached hydrogens (tertiary/aromatic N) is 1. The Morgan fingerprint density at radius 1 is 1.09 bits per heavy atom. The number of halogens is 1. The Morgan fingerprint density at radius 2 is 1.73 bits per heavy atom. The molecule has 2 atom stereocenters. The summed E-state index contributed by atoms with van der Waals surface area (Å²) in [5, 5.41) is 3.01. The Labute approximate surface area is 198 Å². The fourth-order valence-corrected chi connectivity index (χ4v) is 6.38. The molecule has 2 heterocycles. The van der Waals surface area contributed by atoms with Gasteiger partial charge in [-0.25, -0.2) is 8.42 Å². The van der Waals surface area contributed by atoms with Gasteiger partial charge in [0.2, 0.25) is 10.0 Å². The molecule has 2 aliphatic rings. The van der Waals surface area contributed by atoms with Gasteiger partial charge in [-0.1, -0.05) is 25.4 Å². The number of benzene rings is 2. The summed E-state index contributed by atoms with van der Waals surface area (Å²) < 4.78 is 44.8. The van der Waals surface area contributed by atoms with Crippen molar-refractivity contribution < 1.29 is 27.4 Å². The van der Waals surface area contributed by atoms with Crippen molar-refractivity contribution in [3.63, 3.8) is 0 Å². The van der Waals surface area contributed by atoms with Gasteiger partial charge in [-0.05, 0) is 36.5 Å². The van der Waals surface area contributed by atoms with E-state index in [0.29, 0.717) is 43.5 Å². The monoisotopic (exact) mass is 494 g/mol. The number of hydrogen-bond acceptors (Lipinski definition) is 6. The smallest absolute Gasteiger partial charge is 0.255 e. The molecule has 1 N–H and O–H groups in total. The minimum Gasteiger partial charge on any atom is -0.495 e. The lowest BCUT2D eigenvalue weighted by Gasteiger charge is -2.34. The molecule has 33 heavy (non-hydrogen) atoms. The molecule has 0 aromatic heterocycles. The zero-order chi connectivity index (χ0) is 23.8. The molecule has 2 aromatic rings. The van der Waals surface area contributed by atoms with Crippen LogP contribution < -0.4 is 19.5 Å². The normalized spacial score (nSPS) is 20.8.